The Morgan fingerprint density at radius 2 is 1.71 bits per heavy atom. The van der Waals surface area contributed by atoms with E-state index in [-0.39, 0.29) is 17.9 Å². The number of benzene rings is 2. The first kappa shape index (κ1) is 15.3. The molecule has 0 aromatic heterocycles. The largest absolute Gasteiger partial charge is 0.379 e. The predicted octanol–water partition coefficient (Wildman–Crippen LogP) is 4.39. The summed E-state index contributed by atoms with van der Waals surface area (Å²) in [7, 11) is 0. The minimum Gasteiger partial charge on any atom is -0.379 e. The van der Waals surface area contributed by atoms with Crippen molar-refractivity contribution < 1.29 is 18.1 Å². The second-order valence-electron chi connectivity index (χ2n) is 4.17. The number of nitrogens with zero attached hydrogens (tertiary/aromatic N) is 1. The Morgan fingerprint density at radius 3 is 2.38 bits per heavy atom. The van der Waals surface area contributed by atoms with Crippen LogP contribution in [0.2, 0.25) is 0 Å². The van der Waals surface area contributed by atoms with E-state index in [4.69, 9.17) is 0 Å². The fourth-order valence-corrected chi connectivity index (χ4v) is 2.22. The Labute approximate surface area is 125 Å². The highest BCUT2D eigenvalue weighted by Gasteiger charge is 2.11. The van der Waals surface area contributed by atoms with E-state index in [9.17, 15) is 23.3 Å². The summed E-state index contributed by atoms with van der Waals surface area (Å²) < 4.78 is 39.8. The van der Waals surface area contributed by atoms with Crippen molar-refractivity contribution in [2.75, 3.05) is 5.32 Å². The third-order valence-corrected chi connectivity index (χ3v) is 3.10. The smallest absolute Gasteiger partial charge is 0.270 e. The number of non-ortho nitro benzene ring substituents is 1. The molecule has 0 spiro atoms. The Morgan fingerprint density at radius 1 is 1.05 bits per heavy atom. The summed E-state index contributed by atoms with van der Waals surface area (Å²) in [5.74, 6) is -3.41. The molecule has 2 aromatic carbocycles. The van der Waals surface area contributed by atoms with Gasteiger partial charge in [0.05, 0.1) is 10.6 Å². The van der Waals surface area contributed by atoms with Crippen molar-refractivity contribution in [3.05, 3.63) is 67.9 Å². The molecule has 1 N–H and O–H groups in total. The van der Waals surface area contributed by atoms with Gasteiger partial charge in [-0.15, -0.1) is 0 Å². The van der Waals surface area contributed by atoms with E-state index in [1.165, 1.54) is 12.1 Å². The normalized spacial score (nSPS) is 10.5. The van der Waals surface area contributed by atoms with Crippen molar-refractivity contribution in [1.82, 2.24) is 0 Å². The summed E-state index contributed by atoms with van der Waals surface area (Å²) in [4.78, 5) is 10.2. The Kier molecular flexibility index (Phi) is 4.46. The van der Waals surface area contributed by atoms with Crippen LogP contribution in [0.3, 0.4) is 0 Å². The highest BCUT2D eigenvalue weighted by molar-refractivity contribution is 9.10. The molecule has 0 bridgehead atoms. The molecule has 0 aliphatic heterocycles. The molecule has 0 aliphatic carbocycles. The van der Waals surface area contributed by atoms with Crippen LogP contribution in [0.25, 0.3) is 0 Å². The molecular formula is C13H8BrF3N2O2. The van der Waals surface area contributed by atoms with Gasteiger partial charge in [-0.1, -0.05) is 15.9 Å². The second kappa shape index (κ2) is 6.13. The second-order valence-corrected chi connectivity index (χ2v) is 5.09. The molecule has 0 amide bonds. The number of halogens is 4. The van der Waals surface area contributed by atoms with Crippen LogP contribution >= 0.6 is 15.9 Å². The quantitative estimate of drug-likeness (QED) is 0.499. The summed E-state index contributed by atoms with van der Waals surface area (Å²) in [6, 6.07) is 5.34. The SMILES string of the molecule is O=[N+]([O-])c1cc(Br)cc(CNc2cc(F)c(F)cc2F)c1. The van der Waals surface area contributed by atoms with Gasteiger partial charge in [0, 0.05) is 35.3 Å². The minimum atomic E-state index is -1.28. The summed E-state index contributed by atoms with van der Waals surface area (Å²) in [6.45, 7) is 0.0161. The van der Waals surface area contributed by atoms with Crippen LogP contribution in [0, 0.1) is 27.6 Å². The van der Waals surface area contributed by atoms with Gasteiger partial charge in [0.15, 0.2) is 11.6 Å². The van der Waals surface area contributed by atoms with E-state index < -0.39 is 22.4 Å². The molecule has 0 heterocycles. The van der Waals surface area contributed by atoms with Crippen LogP contribution in [0.1, 0.15) is 5.56 Å². The third kappa shape index (κ3) is 3.72. The average Bonchev–Trinajstić information content (AvgIpc) is 2.40. The molecule has 0 radical (unpaired) electrons. The third-order valence-electron chi connectivity index (χ3n) is 2.65. The lowest BCUT2D eigenvalue weighted by Gasteiger charge is -2.08. The maximum Gasteiger partial charge on any atom is 0.270 e. The van der Waals surface area contributed by atoms with Gasteiger partial charge in [-0.3, -0.25) is 10.1 Å². The van der Waals surface area contributed by atoms with Crippen molar-refractivity contribution in [1.29, 1.82) is 0 Å². The van der Waals surface area contributed by atoms with Crippen molar-refractivity contribution >= 4 is 27.3 Å². The van der Waals surface area contributed by atoms with Gasteiger partial charge in [-0.05, 0) is 11.6 Å². The molecule has 8 heteroatoms. The zero-order valence-electron chi connectivity index (χ0n) is 10.4. The summed E-state index contributed by atoms with van der Waals surface area (Å²) in [5, 5.41) is 13.3. The van der Waals surface area contributed by atoms with Crippen LogP contribution in [-0.2, 0) is 6.54 Å². The van der Waals surface area contributed by atoms with Gasteiger partial charge < -0.3 is 5.32 Å². The maximum atomic E-state index is 13.4. The van der Waals surface area contributed by atoms with Crippen LogP contribution < -0.4 is 5.32 Å². The Hall–Kier alpha value is -2.09. The highest BCUT2D eigenvalue weighted by Crippen LogP contribution is 2.23. The number of nitro groups is 1. The number of nitro benzene ring substituents is 1. The molecule has 4 nitrogen and oxygen atoms in total. The maximum absolute atomic E-state index is 13.4. The van der Waals surface area contributed by atoms with Crippen LogP contribution in [0.4, 0.5) is 24.5 Å². The number of hydrogen-bond acceptors (Lipinski definition) is 3. The van der Waals surface area contributed by atoms with E-state index in [0.29, 0.717) is 22.2 Å². The molecular weight excluding hydrogens is 353 g/mol. The average molecular weight is 361 g/mol. The van der Waals surface area contributed by atoms with E-state index >= 15 is 0 Å². The minimum absolute atomic E-state index is 0.0161. The van der Waals surface area contributed by atoms with Crippen LogP contribution in [-0.4, -0.2) is 4.92 Å². The molecule has 21 heavy (non-hydrogen) atoms. The first-order chi connectivity index (χ1) is 9.86. The molecule has 0 unspecified atom stereocenters. The van der Waals surface area contributed by atoms with Gasteiger partial charge in [0.1, 0.15) is 5.82 Å². The van der Waals surface area contributed by atoms with Crippen molar-refractivity contribution in [3.8, 4) is 0 Å². The lowest BCUT2D eigenvalue weighted by atomic mass is 10.2. The first-order valence-electron chi connectivity index (χ1n) is 5.69. The fourth-order valence-electron chi connectivity index (χ4n) is 1.70. The van der Waals surface area contributed by atoms with Gasteiger partial charge in [-0.25, -0.2) is 13.2 Å². The lowest BCUT2D eigenvalue weighted by Crippen LogP contribution is -2.03. The van der Waals surface area contributed by atoms with Crippen LogP contribution in [0.15, 0.2) is 34.8 Å². The number of nitrogens with one attached hydrogen (secondary N) is 1. The monoisotopic (exact) mass is 360 g/mol. The van der Waals surface area contributed by atoms with Gasteiger partial charge in [0.2, 0.25) is 0 Å². The van der Waals surface area contributed by atoms with E-state index in [1.807, 2.05) is 0 Å². The van der Waals surface area contributed by atoms with Crippen LogP contribution in [0.5, 0.6) is 0 Å². The molecule has 2 rings (SSSR count). The Bertz CT molecular complexity index is 710. The number of anilines is 1. The molecule has 2 aromatic rings. The molecule has 0 aliphatic rings. The molecule has 0 atom stereocenters. The van der Waals surface area contributed by atoms with E-state index in [2.05, 4.69) is 21.2 Å². The van der Waals surface area contributed by atoms with E-state index in [0.717, 1.165) is 0 Å². The van der Waals surface area contributed by atoms with Crippen molar-refractivity contribution in [2.45, 2.75) is 6.54 Å². The number of rotatable bonds is 4. The highest BCUT2D eigenvalue weighted by atomic mass is 79.9. The number of hydrogen-bond donors (Lipinski definition) is 1. The molecule has 0 fully saturated rings. The van der Waals surface area contributed by atoms with E-state index in [1.54, 1.807) is 6.07 Å². The summed E-state index contributed by atoms with van der Waals surface area (Å²) >= 11 is 3.13. The summed E-state index contributed by atoms with van der Waals surface area (Å²) in [6.07, 6.45) is 0. The Balaban J connectivity index is 2.20. The molecule has 0 saturated carbocycles. The van der Waals surface area contributed by atoms with Gasteiger partial charge >= 0.3 is 0 Å². The lowest BCUT2D eigenvalue weighted by molar-refractivity contribution is -0.385. The predicted molar refractivity (Wildman–Crippen MR) is 74.4 cm³/mol. The fraction of sp³-hybridized carbons (Fsp3) is 0.0769. The van der Waals surface area contributed by atoms with Gasteiger partial charge in [-0.2, -0.15) is 0 Å². The topological polar surface area (TPSA) is 55.2 Å². The zero-order chi connectivity index (χ0) is 15.6. The zero-order valence-corrected chi connectivity index (χ0v) is 12.0. The molecule has 110 valence electrons. The van der Waals surface area contributed by atoms with Crippen molar-refractivity contribution in [3.63, 3.8) is 0 Å². The first-order valence-corrected chi connectivity index (χ1v) is 6.48. The van der Waals surface area contributed by atoms with Gasteiger partial charge in [0.25, 0.3) is 5.69 Å². The molecule has 0 saturated heterocycles. The summed E-state index contributed by atoms with van der Waals surface area (Å²) in [5.41, 5.74) is 0.128. The van der Waals surface area contributed by atoms with Crippen molar-refractivity contribution in [2.24, 2.45) is 0 Å². The standard InChI is InChI=1S/C13H8BrF3N2O2/c14-8-1-7(2-9(3-8)19(20)21)6-18-13-5-11(16)10(15)4-12(13)17/h1-5,18H,6H2.